The highest BCUT2D eigenvalue weighted by atomic mass is 32.1. The summed E-state index contributed by atoms with van der Waals surface area (Å²) in [6, 6.07) is 2.92. The van der Waals surface area contributed by atoms with Gasteiger partial charge in [0.15, 0.2) is 0 Å². The SMILES string of the molecule is CCc1ccsc1CNC1CCCNC1. The lowest BCUT2D eigenvalue weighted by Gasteiger charge is -2.23. The molecule has 0 amide bonds. The molecule has 1 saturated heterocycles. The first kappa shape index (κ1) is 11.1. The zero-order chi connectivity index (χ0) is 10.5. The van der Waals surface area contributed by atoms with Gasteiger partial charge in [-0.25, -0.2) is 0 Å². The first-order valence-corrected chi connectivity index (χ1v) is 6.77. The lowest BCUT2D eigenvalue weighted by molar-refractivity contribution is 0.390. The predicted molar refractivity (Wildman–Crippen MR) is 66.4 cm³/mol. The van der Waals surface area contributed by atoms with E-state index in [1.807, 2.05) is 11.3 Å². The van der Waals surface area contributed by atoms with E-state index in [2.05, 4.69) is 29.0 Å². The van der Waals surface area contributed by atoms with Gasteiger partial charge in [0.05, 0.1) is 0 Å². The van der Waals surface area contributed by atoms with Crippen LogP contribution in [-0.4, -0.2) is 19.1 Å². The summed E-state index contributed by atoms with van der Waals surface area (Å²) < 4.78 is 0. The minimum Gasteiger partial charge on any atom is -0.315 e. The molecule has 15 heavy (non-hydrogen) atoms. The summed E-state index contributed by atoms with van der Waals surface area (Å²) >= 11 is 1.88. The van der Waals surface area contributed by atoms with Gasteiger partial charge in [-0.2, -0.15) is 0 Å². The summed E-state index contributed by atoms with van der Waals surface area (Å²) in [5.41, 5.74) is 1.51. The van der Waals surface area contributed by atoms with Gasteiger partial charge in [0.1, 0.15) is 0 Å². The van der Waals surface area contributed by atoms with Gasteiger partial charge in [-0.05, 0) is 42.8 Å². The lowest BCUT2D eigenvalue weighted by atomic mass is 10.1. The summed E-state index contributed by atoms with van der Waals surface area (Å²) in [5.74, 6) is 0. The van der Waals surface area contributed by atoms with E-state index >= 15 is 0 Å². The quantitative estimate of drug-likeness (QED) is 0.819. The van der Waals surface area contributed by atoms with E-state index in [1.54, 1.807) is 0 Å². The normalized spacial score (nSPS) is 21.8. The van der Waals surface area contributed by atoms with Crippen LogP contribution in [0.15, 0.2) is 11.4 Å². The minimum atomic E-state index is 0.672. The summed E-state index contributed by atoms with van der Waals surface area (Å²) in [7, 11) is 0. The van der Waals surface area contributed by atoms with Crippen molar-refractivity contribution in [1.82, 2.24) is 10.6 Å². The highest BCUT2D eigenvalue weighted by Gasteiger charge is 2.12. The first-order valence-electron chi connectivity index (χ1n) is 5.89. The van der Waals surface area contributed by atoms with Gasteiger partial charge in [0.2, 0.25) is 0 Å². The van der Waals surface area contributed by atoms with Gasteiger partial charge in [-0.1, -0.05) is 6.92 Å². The lowest BCUT2D eigenvalue weighted by Crippen LogP contribution is -2.42. The third-order valence-electron chi connectivity index (χ3n) is 3.07. The average molecular weight is 224 g/mol. The average Bonchev–Trinajstić information content (AvgIpc) is 2.75. The minimum absolute atomic E-state index is 0.672. The van der Waals surface area contributed by atoms with Crippen LogP contribution in [0, 0.1) is 0 Å². The third kappa shape index (κ3) is 3.03. The van der Waals surface area contributed by atoms with E-state index in [9.17, 15) is 0 Å². The molecule has 1 fully saturated rings. The van der Waals surface area contributed by atoms with Crippen LogP contribution in [0.2, 0.25) is 0 Å². The summed E-state index contributed by atoms with van der Waals surface area (Å²) in [5, 5.41) is 9.28. The molecule has 0 radical (unpaired) electrons. The second kappa shape index (κ2) is 5.64. The van der Waals surface area contributed by atoms with Crippen LogP contribution in [0.1, 0.15) is 30.2 Å². The molecule has 1 aromatic rings. The van der Waals surface area contributed by atoms with Crippen LogP contribution >= 0.6 is 11.3 Å². The van der Waals surface area contributed by atoms with Gasteiger partial charge in [-0.3, -0.25) is 0 Å². The second-order valence-electron chi connectivity index (χ2n) is 4.15. The fourth-order valence-electron chi connectivity index (χ4n) is 2.10. The Bertz CT molecular complexity index is 290. The number of hydrogen-bond donors (Lipinski definition) is 2. The van der Waals surface area contributed by atoms with Crippen LogP contribution in [-0.2, 0) is 13.0 Å². The molecule has 1 unspecified atom stereocenters. The third-order valence-corrected chi connectivity index (χ3v) is 4.03. The molecule has 2 rings (SSSR count). The fourth-order valence-corrected chi connectivity index (χ4v) is 3.03. The van der Waals surface area contributed by atoms with Crippen LogP contribution in [0.3, 0.4) is 0 Å². The van der Waals surface area contributed by atoms with E-state index in [4.69, 9.17) is 0 Å². The molecule has 1 aromatic heterocycles. The number of aryl methyl sites for hydroxylation is 1. The molecule has 0 aromatic carbocycles. The van der Waals surface area contributed by atoms with Gasteiger partial charge in [0.25, 0.3) is 0 Å². The maximum atomic E-state index is 3.65. The molecule has 0 spiro atoms. The number of piperidine rings is 1. The molecule has 0 aliphatic carbocycles. The molecular weight excluding hydrogens is 204 g/mol. The Labute approximate surface area is 96.1 Å². The van der Waals surface area contributed by atoms with Crippen LogP contribution in [0.4, 0.5) is 0 Å². The number of nitrogens with one attached hydrogen (secondary N) is 2. The summed E-state index contributed by atoms with van der Waals surface area (Å²) in [6.07, 6.45) is 3.78. The van der Waals surface area contributed by atoms with Crippen molar-refractivity contribution in [2.45, 2.75) is 38.8 Å². The highest BCUT2D eigenvalue weighted by Crippen LogP contribution is 2.17. The van der Waals surface area contributed by atoms with E-state index in [-0.39, 0.29) is 0 Å². The van der Waals surface area contributed by atoms with Gasteiger partial charge in [-0.15, -0.1) is 11.3 Å². The second-order valence-corrected chi connectivity index (χ2v) is 5.15. The topological polar surface area (TPSA) is 24.1 Å². The van der Waals surface area contributed by atoms with Crippen molar-refractivity contribution in [3.8, 4) is 0 Å². The van der Waals surface area contributed by atoms with E-state index in [0.29, 0.717) is 6.04 Å². The zero-order valence-corrected chi connectivity index (χ0v) is 10.2. The number of thiophene rings is 1. The Balaban J connectivity index is 1.81. The standard InChI is InChI=1S/C12H20N2S/c1-2-10-5-7-15-12(10)9-14-11-4-3-6-13-8-11/h5,7,11,13-14H,2-4,6,8-9H2,1H3. The molecule has 3 heteroatoms. The fraction of sp³-hybridized carbons (Fsp3) is 0.667. The van der Waals surface area contributed by atoms with Gasteiger partial charge >= 0.3 is 0 Å². The van der Waals surface area contributed by atoms with Crippen LogP contribution < -0.4 is 10.6 Å². The molecule has 1 aliphatic heterocycles. The molecule has 0 bridgehead atoms. The Morgan fingerprint density at radius 1 is 1.60 bits per heavy atom. The number of hydrogen-bond acceptors (Lipinski definition) is 3. The Morgan fingerprint density at radius 3 is 3.27 bits per heavy atom. The van der Waals surface area contributed by atoms with Crippen molar-refractivity contribution in [3.63, 3.8) is 0 Å². The molecular formula is C12H20N2S. The van der Waals surface area contributed by atoms with E-state index < -0.39 is 0 Å². The van der Waals surface area contributed by atoms with E-state index in [0.717, 1.165) is 19.5 Å². The monoisotopic (exact) mass is 224 g/mol. The van der Waals surface area contributed by atoms with Gasteiger partial charge in [0, 0.05) is 24.0 Å². The largest absolute Gasteiger partial charge is 0.315 e. The first-order chi connectivity index (χ1) is 7.40. The predicted octanol–water partition coefficient (Wildman–Crippen LogP) is 2.15. The maximum absolute atomic E-state index is 3.65. The Morgan fingerprint density at radius 2 is 2.53 bits per heavy atom. The van der Waals surface area contributed by atoms with Crippen molar-refractivity contribution in [3.05, 3.63) is 21.9 Å². The molecule has 84 valence electrons. The zero-order valence-electron chi connectivity index (χ0n) is 9.38. The molecule has 1 atom stereocenters. The molecule has 0 saturated carbocycles. The maximum Gasteiger partial charge on any atom is 0.0305 e. The Hall–Kier alpha value is -0.380. The van der Waals surface area contributed by atoms with Crippen molar-refractivity contribution < 1.29 is 0 Å². The van der Waals surface area contributed by atoms with Gasteiger partial charge < -0.3 is 10.6 Å². The van der Waals surface area contributed by atoms with Crippen LogP contribution in [0.5, 0.6) is 0 Å². The van der Waals surface area contributed by atoms with Crippen molar-refractivity contribution in [1.29, 1.82) is 0 Å². The molecule has 2 N–H and O–H groups in total. The van der Waals surface area contributed by atoms with E-state index in [1.165, 1.54) is 29.8 Å². The molecule has 1 aliphatic rings. The van der Waals surface area contributed by atoms with Crippen LogP contribution in [0.25, 0.3) is 0 Å². The summed E-state index contributed by atoms with van der Waals surface area (Å²) in [6.45, 7) is 5.60. The smallest absolute Gasteiger partial charge is 0.0305 e. The van der Waals surface area contributed by atoms with Crippen molar-refractivity contribution in [2.24, 2.45) is 0 Å². The molecule has 2 nitrogen and oxygen atoms in total. The highest BCUT2D eigenvalue weighted by molar-refractivity contribution is 7.10. The summed E-state index contributed by atoms with van der Waals surface area (Å²) in [4.78, 5) is 1.52. The van der Waals surface area contributed by atoms with Crippen molar-refractivity contribution >= 4 is 11.3 Å². The molecule has 2 heterocycles. The Kier molecular flexibility index (Phi) is 4.18. The number of rotatable bonds is 4. The van der Waals surface area contributed by atoms with Crippen molar-refractivity contribution in [2.75, 3.05) is 13.1 Å².